The third-order valence-corrected chi connectivity index (χ3v) is 0.758. The molecule has 0 bridgehead atoms. The predicted octanol–water partition coefficient (Wildman–Crippen LogP) is 1.28. The van der Waals surface area contributed by atoms with Gasteiger partial charge in [-0.25, -0.2) is 4.79 Å². The van der Waals surface area contributed by atoms with Gasteiger partial charge >= 0.3 is 5.97 Å². The highest BCUT2D eigenvalue weighted by atomic mass is 17.2. The van der Waals surface area contributed by atoms with E-state index in [2.05, 4.69) is 9.78 Å². The fourth-order valence-electron chi connectivity index (χ4n) is 0.328. The van der Waals surface area contributed by atoms with Gasteiger partial charge in [0.1, 0.15) is 0 Å². The molecule has 0 aromatic carbocycles. The number of carbonyl (C=O) groups excluding carboxylic acids is 1. The highest BCUT2D eigenvalue weighted by molar-refractivity contribution is 5.65. The fourth-order valence-corrected chi connectivity index (χ4v) is 0.328. The Labute approximate surface area is 54.9 Å². The molecule has 0 aliphatic rings. The minimum absolute atomic E-state index is 0.397. The molecule has 0 aliphatic heterocycles. The van der Waals surface area contributed by atoms with E-state index in [4.69, 9.17) is 0 Å². The number of carbonyl (C=O) groups is 1. The molecule has 0 aromatic heterocycles. The van der Waals surface area contributed by atoms with Crippen LogP contribution in [-0.4, -0.2) is 12.6 Å². The van der Waals surface area contributed by atoms with Crippen LogP contribution in [0.25, 0.3) is 0 Å². The maximum atomic E-state index is 10.1. The number of unbranched alkanes of at least 4 members (excludes halogenated alkanes) is 1. The first-order valence-corrected chi connectivity index (χ1v) is 3.07. The molecular formula is C6H12O3. The molecule has 0 saturated heterocycles. The van der Waals surface area contributed by atoms with Crippen molar-refractivity contribution in [3.05, 3.63) is 0 Å². The maximum Gasteiger partial charge on any atom is 0.339 e. The van der Waals surface area contributed by atoms with Crippen LogP contribution in [0.15, 0.2) is 0 Å². The Balaban J connectivity index is 2.83. The first-order chi connectivity index (χ1) is 4.27. The molecule has 0 fully saturated rings. The molecule has 54 valence electrons. The minimum Gasteiger partial charge on any atom is -0.299 e. The van der Waals surface area contributed by atoms with Gasteiger partial charge in [0.15, 0.2) is 0 Å². The average Bonchev–Trinajstić information content (AvgIpc) is 1.80. The van der Waals surface area contributed by atoms with Crippen molar-refractivity contribution in [2.45, 2.75) is 26.7 Å². The molecule has 0 aromatic rings. The quantitative estimate of drug-likeness (QED) is 0.328. The van der Waals surface area contributed by atoms with Crippen molar-refractivity contribution in [2.75, 3.05) is 6.61 Å². The first-order valence-electron chi connectivity index (χ1n) is 3.07. The molecule has 0 aliphatic carbocycles. The summed E-state index contributed by atoms with van der Waals surface area (Å²) in [6.45, 7) is 3.85. The zero-order chi connectivity index (χ0) is 7.11. The highest BCUT2D eigenvalue weighted by Crippen LogP contribution is 1.88. The first kappa shape index (κ1) is 8.43. The molecule has 0 rings (SSSR count). The summed E-state index contributed by atoms with van der Waals surface area (Å²) in [5.74, 6) is -0.397. The summed E-state index contributed by atoms with van der Waals surface area (Å²) in [6.07, 6.45) is 1.97. The van der Waals surface area contributed by atoms with Crippen LogP contribution in [-0.2, 0) is 14.6 Å². The summed E-state index contributed by atoms with van der Waals surface area (Å²) in [4.78, 5) is 18.8. The maximum absolute atomic E-state index is 10.1. The molecule has 0 saturated carbocycles. The minimum atomic E-state index is -0.397. The second-order valence-electron chi connectivity index (χ2n) is 1.75. The summed E-state index contributed by atoms with van der Waals surface area (Å²) >= 11 is 0. The van der Waals surface area contributed by atoms with Crippen molar-refractivity contribution < 1.29 is 14.6 Å². The number of hydrogen-bond donors (Lipinski definition) is 0. The van der Waals surface area contributed by atoms with Crippen molar-refractivity contribution >= 4 is 5.97 Å². The largest absolute Gasteiger partial charge is 0.339 e. The van der Waals surface area contributed by atoms with E-state index in [0.29, 0.717) is 6.61 Å². The molecule has 0 atom stereocenters. The van der Waals surface area contributed by atoms with E-state index in [9.17, 15) is 4.79 Å². The van der Waals surface area contributed by atoms with E-state index < -0.39 is 5.97 Å². The molecule has 0 heterocycles. The van der Waals surface area contributed by atoms with E-state index in [1.165, 1.54) is 6.92 Å². The molecule has 0 unspecified atom stereocenters. The highest BCUT2D eigenvalue weighted by Gasteiger charge is 1.90. The van der Waals surface area contributed by atoms with Gasteiger partial charge < -0.3 is 0 Å². The summed E-state index contributed by atoms with van der Waals surface area (Å²) in [5.41, 5.74) is 0. The van der Waals surface area contributed by atoms with E-state index in [0.717, 1.165) is 12.8 Å². The van der Waals surface area contributed by atoms with Crippen molar-refractivity contribution in [3.8, 4) is 0 Å². The lowest BCUT2D eigenvalue weighted by molar-refractivity contribution is -0.270. The summed E-state index contributed by atoms with van der Waals surface area (Å²) < 4.78 is 0. The second kappa shape index (κ2) is 5.56. The van der Waals surface area contributed by atoms with Crippen LogP contribution in [0, 0.1) is 0 Å². The van der Waals surface area contributed by atoms with Crippen LogP contribution in [0.1, 0.15) is 26.7 Å². The number of hydrogen-bond acceptors (Lipinski definition) is 3. The van der Waals surface area contributed by atoms with Crippen LogP contribution >= 0.6 is 0 Å². The van der Waals surface area contributed by atoms with Crippen molar-refractivity contribution in [3.63, 3.8) is 0 Å². The Hall–Kier alpha value is -0.570. The Morgan fingerprint density at radius 3 is 2.67 bits per heavy atom. The van der Waals surface area contributed by atoms with E-state index in [1.807, 2.05) is 6.92 Å². The fraction of sp³-hybridized carbons (Fsp3) is 0.833. The summed E-state index contributed by atoms with van der Waals surface area (Å²) in [6, 6.07) is 0. The van der Waals surface area contributed by atoms with Crippen molar-refractivity contribution in [2.24, 2.45) is 0 Å². The lowest BCUT2D eigenvalue weighted by Crippen LogP contribution is -2.00. The lowest BCUT2D eigenvalue weighted by Gasteiger charge is -1.97. The van der Waals surface area contributed by atoms with Crippen molar-refractivity contribution in [1.82, 2.24) is 0 Å². The molecule has 0 radical (unpaired) electrons. The van der Waals surface area contributed by atoms with Gasteiger partial charge in [-0.15, -0.1) is 0 Å². The molecular weight excluding hydrogens is 120 g/mol. The Kier molecular flexibility index (Phi) is 5.21. The Bertz CT molecular complexity index is 80.4. The molecule has 3 nitrogen and oxygen atoms in total. The predicted molar refractivity (Wildman–Crippen MR) is 32.6 cm³/mol. The van der Waals surface area contributed by atoms with Gasteiger partial charge in [0.25, 0.3) is 0 Å². The molecule has 9 heavy (non-hydrogen) atoms. The zero-order valence-corrected chi connectivity index (χ0v) is 5.85. The van der Waals surface area contributed by atoms with Crippen molar-refractivity contribution in [1.29, 1.82) is 0 Å². The SMILES string of the molecule is CCCCOOC(C)=O. The Morgan fingerprint density at radius 2 is 2.22 bits per heavy atom. The van der Waals surface area contributed by atoms with Gasteiger partial charge in [-0.2, -0.15) is 4.89 Å². The van der Waals surface area contributed by atoms with E-state index in [-0.39, 0.29) is 0 Å². The van der Waals surface area contributed by atoms with Crippen LogP contribution in [0.5, 0.6) is 0 Å². The van der Waals surface area contributed by atoms with Gasteiger partial charge in [-0.3, -0.25) is 4.89 Å². The molecule has 0 N–H and O–H groups in total. The van der Waals surface area contributed by atoms with Gasteiger partial charge in [0.2, 0.25) is 0 Å². The van der Waals surface area contributed by atoms with Crippen LogP contribution in [0.3, 0.4) is 0 Å². The third kappa shape index (κ3) is 7.43. The number of rotatable bonds is 4. The smallest absolute Gasteiger partial charge is 0.299 e. The molecule has 0 spiro atoms. The Morgan fingerprint density at radius 1 is 1.56 bits per heavy atom. The normalized spacial score (nSPS) is 9.11. The summed E-state index contributed by atoms with van der Waals surface area (Å²) in [5, 5.41) is 0. The third-order valence-electron chi connectivity index (χ3n) is 0.758. The second-order valence-corrected chi connectivity index (χ2v) is 1.75. The van der Waals surface area contributed by atoms with Gasteiger partial charge in [0, 0.05) is 6.92 Å². The van der Waals surface area contributed by atoms with Crippen LogP contribution in [0.4, 0.5) is 0 Å². The molecule has 3 heteroatoms. The van der Waals surface area contributed by atoms with Crippen LogP contribution in [0.2, 0.25) is 0 Å². The average molecular weight is 132 g/mol. The van der Waals surface area contributed by atoms with Crippen LogP contribution < -0.4 is 0 Å². The molecule has 0 amide bonds. The topological polar surface area (TPSA) is 35.5 Å². The summed E-state index contributed by atoms with van der Waals surface area (Å²) in [7, 11) is 0. The zero-order valence-electron chi connectivity index (χ0n) is 5.85. The van der Waals surface area contributed by atoms with Gasteiger partial charge in [-0.1, -0.05) is 13.3 Å². The van der Waals surface area contributed by atoms with Gasteiger partial charge in [-0.05, 0) is 6.42 Å². The van der Waals surface area contributed by atoms with E-state index >= 15 is 0 Å². The van der Waals surface area contributed by atoms with E-state index in [1.54, 1.807) is 0 Å². The standard InChI is InChI=1S/C6H12O3/c1-3-4-5-8-9-6(2)7/h3-5H2,1-2H3. The lowest BCUT2D eigenvalue weighted by atomic mass is 10.4. The van der Waals surface area contributed by atoms with Gasteiger partial charge in [0.05, 0.1) is 6.61 Å². The monoisotopic (exact) mass is 132 g/mol.